The molecular formula is C17H27N3O. The van der Waals surface area contributed by atoms with Crippen molar-refractivity contribution in [1.82, 2.24) is 10.2 Å². The third-order valence-corrected chi connectivity index (χ3v) is 3.98. The zero-order chi connectivity index (χ0) is 15.1. The van der Waals surface area contributed by atoms with Crippen LogP contribution in [0.4, 0.5) is 5.69 Å². The number of likely N-dealkylation sites (tertiary alicyclic amines) is 1. The lowest BCUT2D eigenvalue weighted by molar-refractivity contribution is -0.121. The van der Waals surface area contributed by atoms with Crippen LogP contribution in [-0.4, -0.2) is 36.5 Å². The summed E-state index contributed by atoms with van der Waals surface area (Å²) in [6, 6.07) is 7.97. The van der Waals surface area contributed by atoms with Gasteiger partial charge in [0.2, 0.25) is 5.91 Å². The highest BCUT2D eigenvalue weighted by atomic mass is 16.1. The van der Waals surface area contributed by atoms with E-state index in [1.165, 1.54) is 32.4 Å². The number of nitrogens with zero attached hydrogens (tertiary/aromatic N) is 1. The molecule has 4 heteroatoms. The Kier molecular flexibility index (Phi) is 6.05. The molecule has 0 spiro atoms. The van der Waals surface area contributed by atoms with Gasteiger partial charge < -0.3 is 16.0 Å². The zero-order valence-corrected chi connectivity index (χ0v) is 13.0. The van der Waals surface area contributed by atoms with Crippen LogP contribution in [0.3, 0.4) is 0 Å². The second-order valence-electron chi connectivity index (χ2n) is 6.07. The summed E-state index contributed by atoms with van der Waals surface area (Å²) in [6.07, 6.45) is 5.19. The second-order valence-corrected chi connectivity index (χ2v) is 6.07. The molecular weight excluding hydrogens is 262 g/mol. The van der Waals surface area contributed by atoms with Crippen molar-refractivity contribution >= 4 is 11.6 Å². The van der Waals surface area contributed by atoms with E-state index in [9.17, 15) is 4.79 Å². The molecule has 21 heavy (non-hydrogen) atoms. The molecule has 0 saturated carbocycles. The summed E-state index contributed by atoms with van der Waals surface area (Å²) in [5, 5.41) is 3.10. The molecule has 116 valence electrons. The molecule has 1 aromatic rings. The molecule has 1 aliphatic heterocycles. The van der Waals surface area contributed by atoms with Gasteiger partial charge in [0.05, 0.1) is 0 Å². The van der Waals surface area contributed by atoms with Crippen molar-refractivity contribution in [2.75, 3.05) is 25.4 Å². The van der Waals surface area contributed by atoms with Crippen LogP contribution < -0.4 is 11.1 Å². The Hall–Kier alpha value is -1.55. The lowest BCUT2D eigenvalue weighted by Gasteiger charge is -2.29. The van der Waals surface area contributed by atoms with Crippen LogP contribution in [0.25, 0.3) is 0 Å². The summed E-state index contributed by atoms with van der Waals surface area (Å²) < 4.78 is 0. The van der Waals surface area contributed by atoms with Crippen LogP contribution in [0.5, 0.6) is 0 Å². The van der Waals surface area contributed by atoms with Crippen LogP contribution in [0.1, 0.15) is 38.2 Å². The predicted octanol–water partition coefficient (Wildman–Crippen LogP) is 2.19. The molecule has 1 heterocycles. The van der Waals surface area contributed by atoms with Crippen molar-refractivity contribution in [3.05, 3.63) is 29.8 Å². The third-order valence-electron chi connectivity index (χ3n) is 3.98. The van der Waals surface area contributed by atoms with E-state index in [4.69, 9.17) is 5.73 Å². The van der Waals surface area contributed by atoms with E-state index in [-0.39, 0.29) is 11.9 Å². The van der Waals surface area contributed by atoms with E-state index < -0.39 is 0 Å². The smallest absolute Gasteiger partial charge is 0.220 e. The number of carbonyl (C=O) groups is 1. The molecule has 1 atom stereocenters. The van der Waals surface area contributed by atoms with E-state index in [1.807, 2.05) is 24.3 Å². The van der Waals surface area contributed by atoms with Gasteiger partial charge in [0.25, 0.3) is 0 Å². The average Bonchev–Trinajstić information content (AvgIpc) is 2.46. The molecule has 1 fully saturated rings. The van der Waals surface area contributed by atoms with E-state index in [0.717, 1.165) is 24.2 Å². The molecule has 1 amide bonds. The van der Waals surface area contributed by atoms with E-state index in [0.29, 0.717) is 6.42 Å². The van der Waals surface area contributed by atoms with Gasteiger partial charge in [-0.05, 0) is 57.0 Å². The van der Waals surface area contributed by atoms with Crippen molar-refractivity contribution in [1.29, 1.82) is 0 Å². The topological polar surface area (TPSA) is 58.4 Å². The van der Waals surface area contributed by atoms with Crippen LogP contribution in [0.2, 0.25) is 0 Å². The van der Waals surface area contributed by atoms with E-state index in [2.05, 4.69) is 17.1 Å². The number of nitrogens with one attached hydrogen (secondary N) is 1. The minimum atomic E-state index is 0.127. The number of amides is 1. The molecule has 0 radical (unpaired) electrons. The molecule has 1 unspecified atom stereocenters. The SMILES string of the molecule is CC(CN1CCCCC1)NC(=O)CCc1cccc(N)c1. The normalized spacial score (nSPS) is 17.4. The minimum Gasteiger partial charge on any atom is -0.399 e. The Morgan fingerprint density at radius 2 is 2.10 bits per heavy atom. The number of carbonyl (C=O) groups excluding carboxylic acids is 1. The Morgan fingerprint density at radius 1 is 1.33 bits per heavy atom. The summed E-state index contributed by atoms with van der Waals surface area (Å²) in [5.74, 6) is 0.127. The molecule has 3 N–H and O–H groups in total. The minimum absolute atomic E-state index is 0.127. The zero-order valence-electron chi connectivity index (χ0n) is 13.0. The molecule has 2 rings (SSSR count). The first-order chi connectivity index (χ1) is 10.1. The summed E-state index contributed by atoms with van der Waals surface area (Å²) in [7, 11) is 0. The average molecular weight is 289 g/mol. The van der Waals surface area contributed by atoms with Crippen LogP contribution >= 0.6 is 0 Å². The second kappa shape index (κ2) is 8.03. The molecule has 1 aromatic carbocycles. The van der Waals surface area contributed by atoms with Gasteiger partial charge in [0, 0.05) is 24.7 Å². The van der Waals surface area contributed by atoms with E-state index in [1.54, 1.807) is 0 Å². The van der Waals surface area contributed by atoms with Crippen molar-refractivity contribution in [2.24, 2.45) is 0 Å². The molecule has 0 aliphatic carbocycles. The van der Waals surface area contributed by atoms with E-state index >= 15 is 0 Å². The van der Waals surface area contributed by atoms with Crippen molar-refractivity contribution in [3.8, 4) is 0 Å². The van der Waals surface area contributed by atoms with Crippen molar-refractivity contribution in [3.63, 3.8) is 0 Å². The van der Waals surface area contributed by atoms with Gasteiger partial charge in [-0.2, -0.15) is 0 Å². The molecule has 1 saturated heterocycles. The quantitative estimate of drug-likeness (QED) is 0.789. The number of anilines is 1. The Labute approximate surface area is 127 Å². The Bertz CT molecular complexity index is 455. The van der Waals surface area contributed by atoms with Crippen LogP contribution in [0, 0.1) is 0 Å². The Morgan fingerprint density at radius 3 is 2.81 bits per heavy atom. The monoisotopic (exact) mass is 289 g/mol. The maximum absolute atomic E-state index is 12.0. The van der Waals surface area contributed by atoms with Crippen LogP contribution in [-0.2, 0) is 11.2 Å². The van der Waals surface area contributed by atoms with Gasteiger partial charge in [-0.3, -0.25) is 4.79 Å². The number of hydrogen-bond acceptors (Lipinski definition) is 3. The number of benzene rings is 1. The summed E-state index contributed by atoms with van der Waals surface area (Å²) >= 11 is 0. The highest BCUT2D eigenvalue weighted by Gasteiger charge is 2.14. The number of rotatable bonds is 6. The van der Waals surface area contributed by atoms with Gasteiger partial charge in [0.15, 0.2) is 0 Å². The summed E-state index contributed by atoms with van der Waals surface area (Å²) in [4.78, 5) is 14.4. The predicted molar refractivity (Wildman–Crippen MR) is 87.1 cm³/mol. The largest absolute Gasteiger partial charge is 0.399 e. The number of hydrogen-bond donors (Lipinski definition) is 2. The van der Waals surface area contributed by atoms with Gasteiger partial charge in [0.1, 0.15) is 0 Å². The fourth-order valence-corrected chi connectivity index (χ4v) is 2.93. The first-order valence-corrected chi connectivity index (χ1v) is 7.99. The number of nitrogen functional groups attached to an aromatic ring is 1. The maximum Gasteiger partial charge on any atom is 0.220 e. The van der Waals surface area contributed by atoms with Crippen molar-refractivity contribution < 1.29 is 4.79 Å². The number of aryl methyl sites for hydroxylation is 1. The highest BCUT2D eigenvalue weighted by molar-refractivity contribution is 5.76. The molecule has 1 aliphatic rings. The molecule has 0 aromatic heterocycles. The fourth-order valence-electron chi connectivity index (χ4n) is 2.93. The molecule has 0 bridgehead atoms. The van der Waals surface area contributed by atoms with Gasteiger partial charge in [-0.1, -0.05) is 18.6 Å². The summed E-state index contributed by atoms with van der Waals surface area (Å²) in [6.45, 7) is 5.39. The third kappa shape index (κ3) is 5.76. The maximum atomic E-state index is 12.0. The van der Waals surface area contributed by atoms with Gasteiger partial charge in [-0.25, -0.2) is 0 Å². The Balaban J connectivity index is 1.68. The summed E-state index contributed by atoms with van der Waals surface area (Å²) in [5.41, 5.74) is 7.62. The van der Waals surface area contributed by atoms with Crippen molar-refractivity contribution in [2.45, 2.75) is 45.1 Å². The van der Waals surface area contributed by atoms with Gasteiger partial charge >= 0.3 is 0 Å². The fraction of sp³-hybridized carbons (Fsp3) is 0.588. The lowest BCUT2D eigenvalue weighted by atomic mass is 10.1. The van der Waals surface area contributed by atoms with Gasteiger partial charge in [-0.15, -0.1) is 0 Å². The van der Waals surface area contributed by atoms with Crippen LogP contribution in [0.15, 0.2) is 24.3 Å². The number of nitrogens with two attached hydrogens (primary N) is 1. The standard InChI is InChI=1S/C17H27N3O/c1-14(13-20-10-3-2-4-11-20)19-17(21)9-8-15-6-5-7-16(18)12-15/h5-7,12,14H,2-4,8-11,13,18H2,1H3,(H,19,21). The highest BCUT2D eigenvalue weighted by Crippen LogP contribution is 2.10. The molecule has 4 nitrogen and oxygen atoms in total. The lowest BCUT2D eigenvalue weighted by Crippen LogP contribution is -2.43. The number of piperidine rings is 1. The first kappa shape index (κ1) is 15.8. The first-order valence-electron chi connectivity index (χ1n) is 7.99.